The number of halogens is 3. The lowest BCUT2D eigenvalue weighted by Crippen LogP contribution is -2.27. The van der Waals surface area contributed by atoms with Crippen molar-refractivity contribution in [2.24, 2.45) is 5.92 Å². The van der Waals surface area contributed by atoms with E-state index >= 15 is 0 Å². The van der Waals surface area contributed by atoms with Crippen LogP contribution in [-0.4, -0.2) is 66.5 Å². The summed E-state index contributed by atoms with van der Waals surface area (Å²) < 4.78 is 39.5. The topological polar surface area (TPSA) is 83.8 Å². The molecule has 148 valence electrons. The number of carbonyl (C=O) groups excluding carboxylic acids is 1. The van der Waals surface area contributed by atoms with Gasteiger partial charge in [0, 0.05) is 52.2 Å². The maximum atomic E-state index is 11.4. The van der Waals surface area contributed by atoms with Gasteiger partial charge in [-0.2, -0.15) is 13.2 Å². The van der Waals surface area contributed by atoms with Crippen LogP contribution in [0.4, 0.5) is 13.2 Å². The van der Waals surface area contributed by atoms with Crippen LogP contribution in [0.2, 0.25) is 0 Å². The van der Waals surface area contributed by atoms with Gasteiger partial charge in [-0.15, -0.1) is 0 Å². The highest BCUT2D eigenvalue weighted by Gasteiger charge is 2.38. The van der Waals surface area contributed by atoms with Crippen molar-refractivity contribution in [3.63, 3.8) is 0 Å². The van der Waals surface area contributed by atoms with Gasteiger partial charge in [0.05, 0.1) is 0 Å². The van der Waals surface area contributed by atoms with Gasteiger partial charge < -0.3 is 24.6 Å². The van der Waals surface area contributed by atoms with Crippen molar-refractivity contribution in [3.05, 3.63) is 24.0 Å². The molecule has 0 aliphatic carbocycles. The van der Waals surface area contributed by atoms with Crippen LogP contribution in [0, 0.1) is 5.92 Å². The number of amides is 1. The molecule has 0 aromatic carbocycles. The Morgan fingerprint density at radius 3 is 2.65 bits per heavy atom. The van der Waals surface area contributed by atoms with Crippen LogP contribution in [0.15, 0.2) is 18.3 Å². The van der Waals surface area contributed by atoms with Crippen LogP contribution in [0.3, 0.4) is 0 Å². The third-order valence-electron chi connectivity index (χ3n) is 3.75. The predicted molar refractivity (Wildman–Crippen MR) is 87.4 cm³/mol. The summed E-state index contributed by atoms with van der Waals surface area (Å²) in [6, 6.07) is 4.24. The molecule has 1 aromatic rings. The molecule has 0 fully saturated rings. The minimum Gasteiger partial charge on any atom is -0.475 e. The number of fused-ring (bicyclic) bond motifs is 1. The number of rotatable bonds is 5. The number of alkyl halides is 3. The molecule has 1 aliphatic rings. The number of likely N-dealkylation sites (N-methyl/N-ethyl adjacent to an activating group) is 1. The predicted octanol–water partition coefficient (Wildman–Crippen LogP) is 1.34. The van der Waals surface area contributed by atoms with Gasteiger partial charge >= 0.3 is 12.1 Å². The van der Waals surface area contributed by atoms with Gasteiger partial charge in [-0.3, -0.25) is 4.79 Å². The average molecular weight is 379 g/mol. The van der Waals surface area contributed by atoms with E-state index in [4.69, 9.17) is 14.6 Å². The van der Waals surface area contributed by atoms with Crippen molar-refractivity contribution in [1.29, 1.82) is 0 Å². The lowest BCUT2D eigenvalue weighted by Gasteiger charge is -2.16. The molecule has 0 spiro atoms. The average Bonchev–Trinajstić information content (AvgIpc) is 2.89. The molecule has 1 aromatic heterocycles. The van der Waals surface area contributed by atoms with Crippen molar-refractivity contribution in [1.82, 2.24) is 14.8 Å². The summed E-state index contributed by atoms with van der Waals surface area (Å²) in [7, 11) is 3.49. The number of nitrogens with zero attached hydrogens (tertiary/aromatic N) is 2. The van der Waals surface area contributed by atoms with Gasteiger partial charge in [-0.05, 0) is 24.5 Å². The summed E-state index contributed by atoms with van der Waals surface area (Å²) in [5.41, 5.74) is 1.34. The number of carbonyl (C=O) groups is 2. The second-order valence-electron chi connectivity index (χ2n) is 6.08. The summed E-state index contributed by atoms with van der Waals surface area (Å²) in [4.78, 5) is 21.8. The molecule has 0 saturated carbocycles. The summed E-state index contributed by atoms with van der Waals surface area (Å²) in [6.45, 7) is 3.79. The largest absolute Gasteiger partial charge is 0.490 e. The molecule has 26 heavy (non-hydrogen) atoms. The minimum atomic E-state index is -5.08. The zero-order valence-electron chi connectivity index (χ0n) is 14.8. The van der Waals surface area contributed by atoms with Crippen LogP contribution >= 0.6 is 0 Å². The van der Waals surface area contributed by atoms with E-state index in [1.807, 2.05) is 0 Å². The first kappa shape index (κ1) is 22.0. The smallest absolute Gasteiger partial charge is 0.475 e. The van der Waals surface area contributed by atoms with E-state index in [0.717, 1.165) is 26.1 Å². The number of aliphatic carboxylic acids is 1. The number of nitrogens with one attached hydrogen (secondary N) is 1. The molecule has 2 N–H and O–H groups in total. The highest BCUT2D eigenvalue weighted by atomic mass is 19.4. The lowest BCUT2D eigenvalue weighted by molar-refractivity contribution is -0.192. The molecule has 2 heterocycles. The van der Waals surface area contributed by atoms with Crippen LogP contribution in [0.25, 0.3) is 0 Å². The van der Waals surface area contributed by atoms with Crippen molar-refractivity contribution in [2.75, 3.05) is 33.9 Å². The van der Waals surface area contributed by atoms with Crippen LogP contribution in [-0.2, 0) is 27.4 Å². The Kier molecular flexibility index (Phi) is 8.59. The maximum absolute atomic E-state index is 11.4. The molecule has 1 amide bonds. The highest BCUT2D eigenvalue weighted by Crippen LogP contribution is 2.14. The normalized spacial score (nSPS) is 16.7. The summed E-state index contributed by atoms with van der Waals surface area (Å²) >= 11 is 0. The monoisotopic (exact) mass is 379 g/mol. The van der Waals surface area contributed by atoms with Gasteiger partial charge in [0.1, 0.15) is 6.61 Å². The molecule has 1 atom stereocenters. The van der Waals surface area contributed by atoms with E-state index in [9.17, 15) is 18.0 Å². The molecule has 7 nitrogen and oxygen atoms in total. The first-order valence-corrected chi connectivity index (χ1v) is 8.04. The zero-order chi connectivity index (χ0) is 19.7. The molecule has 10 heteroatoms. The minimum absolute atomic E-state index is 0.0201. The third kappa shape index (κ3) is 7.87. The maximum Gasteiger partial charge on any atom is 0.490 e. The number of hydrogen-bond acceptors (Lipinski definition) is 4. The lowest BCUT2D eigenvalue weighted by atomic mass is 10.1. The van der Waals surface area contributed by atoms with Gasteiger partial charge in [0.25, 0.3) is 0 Å². The second-order valence-corrected chi connectivity index (χ2v) is 6.08. The molecule has 0 saturated heterocycles. The van der Waals surface area contributed by atoms with Crippen LogP contribution < -0.4 is 5.32 Å². The SMILES string of the molecule is CN(C)C(=O)COCCC1CNCc2cccn2C1.O=C(O)C(F)(F)F. The Balaban J connectivity index is 0.000000412. The number of carboxylic acid groups (broad SMARTS) is 1. The Bertz CT molecular complexity index is 588. The Morgan fingerprint density at radius 2 is 2.08 bits per heavy atom. The van der Waals surface area contributed by atoms with Gasteiger partial charge in [0.15, 0.2) is 0 Å². The molecule has 1 aliphatic heterocycles. The first-order chi connectivity index (χ1) is 12.1. The van der Waals surface area contributed by atoms with Crippen molar-refractivity contribution in [3.8, 4) is 0 Å². The summed E-state index contributed by atoms with van der Waals surface area (Å²) in [5, 5.41) is 10.6. The van der Waals surface area contributed by atoms with E-state index in [0.29, 0.717) is 12.5 Å². The number of carboxylic acids is 1. The fourth-order valence-electron chi connectivity index (χ4n) is 2.27. The quantitative estimate of drug-likeness (QED) is 0.755. The molecular formula is C16H24F3N3O4. The number of hydrogen-bond donors (Lipinski definition) is 2. The van der Waals surface area contributed by atoms with Crippen molar-refractivity contribution in [2.45, 2.75) is 25.7 Å². The third-order valence-corrected chi connectivity index (χ3v) is 3.75. The van der Waals surface area contributed by atoms with E-state index in [1.54, 1.807) is 19.0 Å². The van der Waals surface area contributed by atoms with Crippen LogP contribution in [0.5, 0.6) is 0 Å². The van der Waals surface area contributed by atoms with E-state index in [-0.39, 0.29) is 12.5 Å². The van der Waals surface area contributed by atoms with Crippen LogP contribution in [0.1, 0.15) is 12.1 Å². The Labute approximate surface area is 149 Å². The van der Waals surface area contributed by atoms with Crippen molar-refractivity contribution < 1.29 is 32.6 Å². The Morgan fingerprint density at radius 1 is 1.42 bits per heavy atom. The molecule has 0 radical (unpaired) electrons. The van der Waals surface area contributed by atoms with Gasteiger partial charge in [-0.25, -0.2) is 4.79 Å². The standard InChI is InChI=1S/C14H23N3O2.C2HF3O2/c1-16(2)14(18)11-19-7-5-12-8-15-9-13-4-3-6-17(13)10-12;3-2(4,5)1(6)7/h3-4,6,12,15H,5,7-11H2,1-2H3;(H,6,7). The first-order valence-electron chi connectivity index (χ1n) is 8.04. The molecule has 0 bridgehead atoms. The number of aromatic nitrogens is 1. The Hall–Kier alpha value is -2.07. The second kappa shape index (κ2) is 10.2. The van der Waals surface area contributed by atoms with Gasteiger partial charge in [0.2, 0.25) is 5.91 Å². The fourth-order valence-corrected chi connectivity index (χ4v) is 2.27. The van der Waals surface area contributed by atoms with E-state index in [2.05, 4.69) is 28.2 Å². The fraction of sp³-hybridized carbons (Fsp3) is 0.625. The molecule has 1 unspecified atom stereocenters. The summed E-state index contributed by atoms with van der Waals surface area (Å²) in [6.07, 6.45) is -1.98. The molecular weight excluding hydrogens is 355 g/mol. The summed E-state index contributed by atoms with van der Waals surface area (Å²) in [5.74, 6) is -2.18. The highest BCUT2D eigenvalue weighted by molar-refractivity contribution is 5.76. The number of ether oxygens (including phenoxy) is 1. The van der Waals surface area contributed by atoms with E-state index in [1.165, 1.54) is 5.69 Å². The van der Waals surface area contributed by atoms with Crippen molar-refractivity contribution >= 4 is 11.9 Å². The molecule has 2 rings (SSSR count). The zero-order valence-corrected chi connectivity index (χ0v) is 14.8. The van der Waals surface area contributed by atoms with Gasteiger partial charge in [-0.1, -0.05) is 0 Å². The van der Waals surface area contributed by atoms with E-state index < -0.39 is 12.1 Å².